The Bertz CT molecular complexity index is 1180. The van der Waals surface area contributed by atoms with E-state index in [1.54, 1.807) is 29.7 Å². The number of anilines is 1. The van der Waals surface area contributed by atoms with Crippen molar-refractivity contribution in [1.29, 1.82) is 0 Å². The summed E-state index contributed by atoms with van der Waals surface area (Å²) in [6.45, 7) is 5.68. The first-order valence-corrected chi connectivity index (χ1v) is 11.4. The van der Waals surface area contributed by atoms with Crippen LogP contribution in [0.25, 0.3) is 11.4 Å². The number of aromatic carboxylic acids is 1. The minimum absolute atomic E-state index is 0. The lowest BCUT2D eigenvalue weighted by Crippen LogP contribution is -2.23. The molecule has 2 aromatic carbocycles. The minimum Gasteiger partial charge on any atom is -0.478 e. The maximum Gasteiger partial charge on any atom is 0.335 e. The highest BCUT2D eigenvalue weighted by atomic mass is 35.5. The average Bonchev–Trinajstić information content (AvgIpc) is 3.32. The Morgan fingerprint density at radius 3 is 2.33 bits per heavy atom. The van der Waals surface area contributed by atoms with E-state index in [4.69, 9.17) is 10.1 Å². The van der Waals surface area contributed by atoms with Gasteiger partial charge in [0.05, 0.1) is 12.1 Å². The van der Waals surface area contributed by atoms with Gasteiger partial charge in [0.1, 0.15) is 5.82 Å². The number of hydrogen-bond acceptors (Lipinski definition) is 5. The monoisotopic (exact) mass is 479 g/mol. The van der Waals surface area contributed by atoms with E-state index in [0.717, 1.165) is 16.9 Å². The topological polar surface area (TPSA) is 66.3 Å². The van der Waals surface area contributed by atoms with E-state index in [0.29, 0.717) is 24.8 Å². The maximum atomic E-state index is 11.2. The fraction of sp³-hybridized carbons (Fsp3) is 0.192. The fourth-order valence-corrected chi connectivity index (χ4v) is 4.18. The Balaban J connectivity index is 0.00000306. The molecule has 170 valence electrons. The third kappa shape index (κ3) is 6.18. The summed E-state index contributed by atoms with van der Waals surface area (Å²) in [5.74, 6) is 1.08. The second-order valence-electron chi connectivity index (χ2n) is 7.95. The van der Waals surface area contributed by atoms with E-state index < -0.39 is 5.97 Å². The molecule has 4 rings (SSSR count). The van der Waals surface area contributed by atoms with E-state index in [1.807, 2.05) is 24.3 Å². The van der Waals surface area contributed by atoms with Gasteiger partial charge in [0, 0.05) is 23.2 Å². The van der Waals surface area contributed by atoms with Crippen LogP contribution in [-0.2, 0) is 13.1 Å². The molecule has 0 saturated heterocycles. The number of carboxylic acids is 1. The molecule has 0 aliphatic rings. The number of nitrogens with zero attached hydrogens (tertiary/aromatic N) is 3. The zero-order valence-corrected chi connectivity index (χ0v) is 20.1. The van der Waals surface area contributed by atoms with Crippen LogP contribution in [0.4, 0.5) is 5.82 Å². The van der Waals surface area contributed by atoms with Gasteiger partial charge in [0.25, 0.3) is 0 Å². The zero-order chi connectivity index (χ0) is 22.5. The standard InChI is InChI=1S/C26H25N3O2S.ClH/c1-18(2)20-9-11-21(12-10-20)25-27-14-13-24(28-25)29(17-23-4-3-15-32-23)16-19-5-7-22(8-6-19)26(30)31;/h3-15,18H,16-17H2,1-2H3,(H,30,31);1H. The van der Waals surface area contributed by atoms with Gasteiger partial charge in [0.2, 0.25) is 0 Å². The summed E-state index contributed by atoms with van der Waals surface area (Å²) in [5, 5.41) is 11.2. The van der Waals surface area contributed by atoms with Crippen molar-refractivity contribution in [3.05, 3.63) is 99.9 Å². The van der Waals surface area contributed by atoms with Crippen LogP contribution in [0.1, 0.15) is 46.1 Å². The first kappa shape index (κ1) is 24.4. The number of rotatable bonds is 8. The highest BCUT2D eigenvalue weighted by Gasteiger charge is 2.13. The molecule has 0 radical (unpaired) electrons. The molecule has 0 atom stereocenters. The second kappa shape index (κ2) is 11.1. The smallest absolute Gasteiger partial charge is 0.335 e. The lowest BCUT2D eigenvalue weighted by molar-refractivity contribution is 0.0697. The van der Waals surface area contributed by atoms with Crippen molar-refractivity contribution in [2.24, 2.45) is 0 Å². The SMILES string of the molecule is CC(C)c1ccc(-c2nccc(N(Cc3ccc(C(=O)O)cc3)Cc3cccs3)n2)cc1.Cl. The van der Waals surface area contributed by atoms with Gasteiger partial charge in [-0.3, -0.25) is 0 Å². The number of carboxylic acid groups (broad SMARTS) is 1. The van der Waals surface area contributed by atoms with Gasteiger partial charge in [-0.25, -0.2) is 14.8 Å². The number of benzene rings is 2. The normalized spacial score (nSPS) is 10.6. The Morgan fingerprint density at radius 2 is 1.73 bits per heavy atom. The Kier molecular flexibility index (Phi) is 8.20. The first-order valence-electron chi connectivity index (χ1n) is 10.5. The summed E-state index contributed by atoms with van der Waals surface area (Å²) in [7, 11) is 0. The van der Waals surface area contributed by atoms with Crippen molar-refractivity contribution in [3.63, 3.8) is 0 Å². The third-order valence-corrected chi connectivity index (χ3v) is 6.16. The molecular formula is C26H26ClN3O2S. The number of hydrogen-bond donors (Lipinski definition) is 1. The third-order valence-electron chi connectivity index (χ3n) is 5.30. The van der Waals surface area contributed by atoms with Gasteiger partial charge >= 0.3 is 5.97 Å². The molecule has 0 saturated carbocycles. The lowest BCUT2D eigenvalue weighted by atomic mass is 10.0. The molecule has 33 heavy (non-hydrogen) atoms. The molecule has 5 nitrogen and oxygen atoms in total. The molecular weight excluding hydrogens is 454 g/mol. The molecule has 0 fully saturated rings. The van der Waals surface area contributed by atoms with E-state index in [9.17, 15) is 4.79 Å². The van der Waals surface area contributed by atoms with Crippen LogP contribution >= 0.6 is 23.7 Å². The molecule has 0 aliphatic heterocycles. The van der Waals surface area contributed by atoms with Gasteiger partial charge in [-0.05, 0) is 46.7 Å². The van der Waals surface area contributed by atoms with Crippen LogP contribution in [0.5, 0.6) is 0 Å². The Hall–Kier alpha value is -3.22. The van der Waals surface area contributed by atoms with Gasteiger partial charge < -0.3 is 10.0 Å². The van der Waals surface area contributed by atoms with E-state index in [1.165, 1.54) is 10.4 Å². The Morgan fingerprint density at radius 1 is 1.00 bits per heavy atom. The Labute approximate surface area is 204 Å². The molecule has 0 spiro atoms. The van der Waals surface area contributed by atoms with Crippen LogP contribution in [-0.4, -0.2) is 21.0 Å². The van der Waals surface area contributed by atoms with Crippen LogP contribution in [0.15, 0.2) is 78.3 Å². The van der Waals surface area contributed by atoms with Crippen molar-refractivity contribution in [3.8, 4) is 11.4 Å². The predicted molar refractivity (Wildman–Crippen MR) is 136 cm³/mol. The van der Waals surface area contributed by atoms with Crippen LogP contribution in [0, 0.1) is 0 Å². The fourth-order valence-electron chi connectivity index (χ4n) is 3.46. The summed E-state index contributed by atoms with van der Waals surface area (Å²) < 4.78 is 0. The van der Waals surface area contributed by atoms with Gasteiger partial charge in [-0.1, -0.05) is 56.3 Å². The molecule has 0 bridgehead atoms. The van der Waals surface area contributed by atoms with Gasteiger partial charge in [-0.15, -0.1) is 23.7 Å². The molecule has 0 unspecified atom stereocenters. The van der Waals surface area contributed by atoms with Crippen LogP contribution in [0.2, 0.25) is 0 Å². The summed E-state index contributed by atoms with van der Waals surface area (Å²) in [6.07, 6.45) is 1.79. The van der Waals surface area contributed by atoms with Crippen molar-refractivity contribution < 1.29 is 9.90 Å². The lowest BCUT2D eigenvalue weighted by Gasteiger charge is -2.24. The summed E-state index contributed by atoms with van der Waals surface area (Å²) in [4.78, 5) is 24.0. The number of aromatic nitrogens is 2. The summed E-state index contributed by atoms with van der Waals surface area (Å²) in [6, 6.07) is 21.5. The average molecular weight is 480 g/mol. The quantitative estimate of drug-likeness (QED) is 0.306. The van der Waals surface area contributed by atoms with Crippen molar-refractivity contribution in [2.45, 2.75) is 32.9 Å². The zero-order valence-electron chi connectivity index (χ0n) is 18.5. The highest BCUT2D eigenvalue weighted by molar-refractivity contribution is 7.09. The van der Waals surface area contributed by atoms with Crippen LogP contribution < -0.4 is 4.90 Å². The van der Waals surface area contributed by atoms with E-state index in [2.05, 4.69) is 59.4 Å². The number of halogens is 1. The number of carbonyl (C=O) groups is 1. The molecule has 0 amide bonds. The highest BCUT2D eigenvalue weighted by Crippen LogP contribution is 2.24. The summed E-state index contributed by atoms with van der Waals surface area (Å²) in [5.41, 5.74) is 3.58. The molecule has 7 heteroatoms. The predicted octanol–water partition coefficient (Wildman–Crippen LogP) is 6.66. The molecule has 2 aromatic heterocycles. The van der Waals surface area contributed by atoms with Crippen molar-refractivity contribution >= 4 is 35.5 Å². The van der Waals surface area contributed by atoms with Crippen molar-refractivity contribution in [2.75, 3.05) is 4.90 Å². The maximum absolute atomic E-state index is 11.2. The number of thiophene rings is 1. The first-order chi connectivity index (χ1) is 15.5. The largest absolute Gasteiger partial charge is 0.478 e. The van der Waals surface area contributed by atoms with Crippen molar-refractivity contribution in [1.82, 2.24) is 9.97 Å². The summed E-state index contributed by atoms with van der Waals surface area (Å²) >= 11 is 1.70. The second-order valence-corrected chi connectivity index (χ2v) is 8.98. The molecule has 0 aliphatic carbocycles. The van der Waals surface area contributed by atoms with E-state index in [-0.39, 0.29) is 18.0 Å². The van der Waals surface area contributed by atoms with Gasteiger partial charge in [-0.2, -0.15) is 0 Å². The molecule has 1 N–H and O–H groups in total. The minimum atomic E-state index is -0.920. The molecule has 2 heterocycles. The molecule has 4 aromatic rings. The van der Waals surface area contributed by atoms with Gasteiger partial charge in [0.15, 0.2) is 5.82 Å². The van der Waals surface area contributed by atoms with E-state index >= 15 is 0 Å². The van der Waals surface area contributed by atoms with Crippen LogP contribution in [0.3, 0.4) is 0 Å².